The topological polar surface area (TPSA) is 161 Å². The first-order chi connectivity index (χ1) is 26.0. The van der Waals surface area contributed by atoms with Gasteiger partial charge in [0.15, 0.2) is 6.29 Å². The maximum Gasteiger partial charge on any atom is 0.243 e. The average Bonchev–Trinajstić information content (AvgIpc) is 3.69. The molecule has 1 aromatic heterocycles. The first kappa shape index (κ1) is 37.8. The number of nitrogens with one attached hydrogen (secondary N) is 2. The number of amides is 2. The van der Waals surface area contributed by atoms with E-state index in [0.717, 1.165) is 58.3 Å². The SMILES string of the molecule is O=C(CCCCCCC(=O)NCc1ccccc1-c1ccc([C@@H]2O[C@H](CSc3nnnn3-c3ccccc3)C[C@H](c3ccc(CO)cc3)O2)cc1)NO. The third-order valence-corrected chi connectivity index (χ3v) is 10.2. The number of benzene rings is 4. The Kier molecular flexibility index (Phi) is 13.7. The molecule has 6 rings (SSSR count). The normalized spacial score (nSPS) is 17.0. The van der Waals surface area contributed by atoms with E-state index in [4.69, 9.17) is 14.7 Å². The molecule has 4 N–H and O–H groups in total. The van der Waals surface area contributed by atoms with E-state index in [1.54, 1.807) is 10.2 Å². The lowest BCUT2D eigenvalue weighted by atomic mass is 9.97. The number of unbranched alkanes of at least 4 members (excludes halogenated alkanes) is 3. The Morgan fingerprint density at radius 1 is 0.811 bits per heavy atom. The van der Waals surface area contributed by atoms with E-state index in [0.29, 0.717) is 36.7 Å². The highest BCUT2D eigenvalue weighted by Crippen LogP contribution is 2.40. The lowest BCUT2D eigenvalue weighted by Gasteiger charge is -2.36. The molecular weight excluding hydrogens is 693 g/mol. The summed E-state index contributed by atoms with van der Waals surface area (Å²) in [5.41, 5.74) is 8.31. The van der Waals surface area contributed by atoms with Crippen LogP contribution in [0.2, 0.25) is 0 Å². The molecular formula is C40H44N6O6S. The molecule has 3 atom stereocenters. The van der Waals surface area contributed by atoms with Gasteiger partial charge in [-0.05, 0) is 63.2 Å². The maximum atomic E-state index is 12.6. The van der Waals surface area contributed by atoms with Crippen molar-refractivity contribution in [1.29, 1.82) is 0 Å². The summed E-state index contributed by atoms with van der Waals surface area (Å²) in [6.45, 7) is 0.386. The molecule has 276 valence electrons. The van der Waals surface area contributed by atoms with Crippen molar-refractivity contribution in [3.63, 3.8) is 0 Å². The quantitative estimate of drug-likeness (QED) is 0.0354. The van der Waals surface area contributed by atoms with Gasteiger partial charge in [-0.25, -0.2) is 5.48 Å². The largest absolute Gasteiger partial charge is 0.392 e. The van der Waals surface area contributed by atoms with Crippen LogP contribution in [-0.4, -0.2) is 54.2 Å². The van der Waals surface area contributed by atoms with Crippen molar-refractivity contribution in [2.75, 3.05) is 5.75 Å². The zero-order valence-corrected chi connectivity index (χ0v) is 30.2. The highest BCUT2D eigenvalue weighted by Gasteiger charge is 2.33. The predicted octanol–water partition coefficient (Wildman–Crippen LogP) is 6.62. The lowest BCUT2D eigenvalue weighted by molar-refractivity contribution is -0.245. The monoisotopic (exact) mass is 736 g/mol. The number of nitrogens with zero attached hydrogens (tertiary/aromatic N) is 4. The lowest BCUT2D eigenvalue weighted by Crippen LogP contribution is -2.31. The van der Waals surface area contributed by atoms with E-state index < -0.39 is 6.29 Å². The van der Waals surface area contributed by atoms with Gasteiger partial charge in [-0.2, -0.15) is 4.68 Å². The number of aliphatic hydroxyl groups excluding tert-OH is 1. The first-order valence-corrected chi connectivity index (χ1v) is 18.8. The molecule has 0 aliphatic carbocycles. The first-order valence-electron chi connectivity index (χ1n) is 17.9. The van der Waals surface area contributed by atoms with E-state index in [2.05, 4.69) is 39.0 Å². The van der Waals surface area contributed by atoms with Crippen molar-refractivity contribution in [3.05, 3.63) is 125 Å². The minimum atomic E-state index is -0.614. The van der Waals surface area contributed by atoms with Crippen LogP contribution in [0.5, 0.6) is 0 Å². The number of hydroxylamine groups is 1. The molecule has 5 aromatic rings. The molecule has 2 heterocycles. The zero-order valence-electron chi connectivity index (χ0n) is 29.3. The Bertz CT molecular complexity index is 1910. The number of hydrogen-bond acceptors (Lipinski definition) is 10. The van der Waals surface area contributed by atoms with Crippen LogP contribution in [0.1, 0.15) is 79.6 Å². The fourth-order valence-corrected chi connectivity index (χ4v) is 7.14. The molecule has 0 radical (unpaired) electrons. The van der Waals surface area contributed by atoms with E-state index in [1.165, 1.54) is 11.8 Å². The van der Waals surface area contributed by atoms with Crippen LogP contribution in [0.25, 0.3) is 16.8 Å². The molecule has 53 heavy (non-hydrogen) atoms. The van der Waals surface area contributed by atoms with Crippen LogP contribution in [0.4, 0.5) is 0 Å². The van der Waals surface area contributed by atoms with Crippen molar-refractivity contribution in [2.45, 2.75) is 81.8 Å². The molecule has 0 bridgehead atoms. The van der Waals surface area contributed by atoms with Crippen molar-refractivity contribution in [2.24, 2.45) is 0 Å². The number of thioether (sulfide) groups is 1. The smallest absolute Gasteiger partial charge is 0.243 e. The Morgan fingerprint density at radius 3 is 2.25 bits per heavy atom. The highest BCUT2D eigenvalue weighted by molar-refractivity contribution is 7.99. The van der Waals surface area contributed by atoms with Gasteiger partial charge in [0.25, 0.3) is 0 Å². The number of aromatic nitrogens is 4. The standard InChI is InChI=1S/C40H44N6O6S/c47-26-28-16-18-30(19-17-28)36-24-34(27-53-40-42-44-45-46(40)33-11-4-3-5-12-33)51-39(52-36)31-22-20-29(21-23-31)35-13-9-8-10-32(35)25-41-37(48)14-6-1-2-7-15-38(49)43-50/h3-5,8-13,16-23,34,36,39,47,50H,1-2,6-7,14-15,24-27H2,(H,41,48)(H,43,49)/t34-,36+,39+/m0/s1. The van der Waals surface area contributed by atoms with Crippen molar-refractivity contribution in [3.8, 4) is 16.8 Å². The molecule has 2 amide bonds. The van der Waals surface area contributed by atoms with Gasteiger partial charge in [-0.3, -0.25) is 14.8 Å². The van der Waals surface area contributed by atoms with Crippen molar-refractivity contribution in [1.82, 2.24) is 31.0 Å². The average molecular weight is 737 g/mol. The molecule has 1 saturated heterocycles. The summed E-state index contributed by atoms with van der Waals surface area (Å²) in [6, 6.07) is 33.8. The Labute approximate surface area is 312 Å². The Hall–Kier alpha value is -4.92. The van der Waals surface area contributed by atoms with Crippen molar-refractivity contribution >= 4 is 23.6 Å². The Morgan fingerprint density at radius 2 is 1.51 bits per heavy atom. The second-order valence-electron chi connectivity index (χ2n) is 12.9. The van der Waals surface area contributed by atoms with Gasteiger partial charge in [-0.15, -0.1) is 5.10 Å². The number of ether oxygens (including phenoxy) is 2. The maximum absolute atomic E-state index is 12.6. The summed E-state index contributed by atoms with van der Waals surface area (Å²) in [6.07, 6.45) is 3.40. The summed E-state index contributed by atoms with van der Waals surface area (Å²) in [7, 11) is 0. The van der Waals surface area contributed by atoms with Crippen molar-refractivity contribution < 1.29 is 29.4 Å². The summed E-state index contributed by atoms with van der Waals surface area (Å²) in [5.74, 6) is 0.208. The number of carbonyl (C=O) groups excluding carboxylic acids is 2. The number of rotatable bonds is 17. The Balaban J connectivity index is 1.10. The number of carbonyl (C=O) groups is 2. The van der Waals surface area contributed by atoms with E-state index in [1.807, 2.05) is 84.9 Å². The van der Waals surface area contributed by atoms with Crippen LogP contribution >= 0.6 is 11.8 Å². The number of para-hydroxylation sites is 1. The number of tetrazole rings is 1. The minimum absolute atomic E-state index is 0.0142. The molecule has 1 aliphatic heterocycles. The fraction of sp³-hybridized carbons (Fsp3) is 0.325. The van der Waals surface area contributed by atoms with Crippen LogP contribution in [0.3, 0.4) is 0 Å². The number of aliphatic hydroxyl groups is 1. The van der Waals surface area contributed by atoms with E-state index >= 15 is 0 Å². The summed E-state index contributed by atoms with van der Waals surface area (Å²) in [5, 5.41) is 34.3. The molecule has 4 aromatic carbocycles. The van der Waals surface area contributed by atoms with Gasteiger partial charge < -0.3 is 19.9 Å². The zero-order chi connectivity index (χ0) is 36.8. The molecule has 12 nitrogen and oxygen atoms in total. The minimum Gasteiger partial charge on any atom is -0.392 e. The molecule has 1 aliphatic rings. The fourth-order valence-electron chi connectivity index (χ4n) is 6.23. The highest BCUT2D eigenvalue weighted by atomic mass is 32.2. The van der Waals surface area contributed by atoms with Crippen LogP contribution in [0.15, 0.2) is 108 Å². The molecule has 13 heteroatoms. The molecule has 0 saturated carbocycles. The number of hydrogen-bond donors (Lipinski definition) is 4. The van der Waals surface area contributed by atoms with Gasteiger partial charge in [0, 0.05) is 37.1 Å². The predicted molar refractivity (Wildman–Crippen MR) is 200 cm³/mol. The van der Waals surface area contributed by atoms with Gasteiger partial charge in [0.05, 0.1) is 24.5 Å². The van der Waals surface area contributed by atoms with Gasteiger partial charge in [0.2, 0.25) is 17.0 Å². The molecule has 0 spiro atoms. The summed E-state index contributed by atoms with van der Waals surface area (Å²) >= 11 is 1.53. The summed E-state index contributed by atoms with van der Waals surface area (Å²) in [4.78, 5) is 23.7. The van der Waals surface area contributed by atoms with Gasteiger partial charge >= 0.3 is 0 Å². The molecule has 1 fully saturated rings. The third kappa shape index (κ3) is 10.6. The van der Waals surface area contributed by atoms with Gasteiger partial charge in [0.1, 0.15) is 0 Å². The second kappa shape index (κ2) is 19.2. The second-order valence-corrected chi connectivity index (χ2v) is 13.9. The summed E-state index contributed by atoms with van der Waals surface area (Å²) < 4.78 is 14.9. The molecule has 0 unspecified atom stereocenters. The van der Waals surface area contributed by atoms with Crippen LogP contribution < -0.4 is 10.8 Å². The van der Waals surface area contributed by atoms with Crippen LogP contribution in [0, 0.1) is 0 Å². The van der Waals surface area contributed by atoms with Gasteiger partial charge in [-0.1, -0.05) is 116 Å². The van der Waals surface area contributed by atoms with Crippen LogP contribution in [-0.2, 0) is 32.2 Å². The third-order valence-electron chi connectivity index (χ3n) is 9.12. The van der Waals surface area contributed by atoms with E-state index in [-0.39, 0.29) is 37.0 Å². The van der Waals surface area contributed by atoms with E-state index in [9.17, 15) is 14.7 Å².